The first-order valence-corrected chi connectivity index (χ1v) is 6.65. The van der Waals surface area contributed by atoms with Crippen LogP contribution in [-0.4, -0.2) is 28.9 Å². The first kappa shape index (κ1) is 14.2. The van der Waals surface area contributed by atoms with Crippen molar-refractivity contribution in [1.82, 2.24) is 9.88 Å². The van der Waals surface area contributed by atoms with Crippen molar-refractivity contribution < 1.29 is 9.18 Å². The number of amides is 1. The molecule has 1 aromatic carbocycles. The fraction of sp³-hybridized carbons (Fsp3) is 0.250. The number of pyridine rings is 1. The fourth-order valence-electron chi connectivity index (χ4n) is 2.00. The number of hydrogen-bond acceptors (Lipinski definition) is 2. The second-order valence-electron chi connectivity index (χ2n) is 4.49. The van der Waals surface area contributed by atoms with E-state index >= 15 is 0 Å². The molecule has 0 radical (unpaired) electrons. The molecule has 0 N–H and O–H groups in total. The Bertz CT molecular complexity index is 554. The van der Waals surface area contributed by atoms with E-state index in [4.69, 9.17) is 0 Å². The molecule has 0 fully saturated rings. The Morgan fingerprint density at radius 2 is 1.95 bits per heavy atom. The van der Waals surface area contributed by atoms with Crippen molar-refractivity contribution in [3.8, 4) is 0 Å². The van der Waals surface area contributed by atoms with Gasteiger partial charge >= 0.3 is 0 Å². The molecule has 2 aromatic rings. The van der Waals surface area contributed by atoms with Crippen molar-refractivity contribution >= 4 is 5.91 Å². The van der Waals surface area contributed by atoms with Crippen LogP contribution < -0.4 is 0 Å². The molecule has 0 spiro atoms. The first-order chi connectivity index (χ1) is 9.70. The predicted octanol–water partition coefficient (Wildman–Crippen LogP) is 2.93. The zero-order chi connectivity index (χ0) is 14.4. The third kappa shape index (κ3) is 3.63. The Balaban J connectivity index is 2.00. The van der Waals surface area contributed by atoms with E-state index in [0.29, 0.717) is 18.7 Å². The standard InChI is InChI=1S/C16H17FN2O/c1-2-19(11-10-13-6-4-3-5-7-13)16(20)14-8-9-15(17)18-12-14/h3-9,12H,2,10-11H2,1H3. The van der Waals surface area contributed by atoms with E-state index in [1.807, 2.05) is 37.3 Å². The van der Waals surface area contributed by atoms with Crippen molar-refractivity contribution in [1.29, 1.82) is 0 Å². The lowest BCUT2D eigenvalue weighted by molar-refractivity contribution is 0.0765. The Hall–Kier alpha value is -2.23. The van der Waals surface area contributed by atoms with Gasteiger partial charge < -0.3 is 4.90 Å². The van der Waals surface area contributed by atoms with Gasteiger partial charge in [0, 0.05) is 19.3 Å². The highest BCUT2D eigenvalue weighted by atomic mass is 19.1. The highest BCUT2D eigenvalue weighted by Crippen LogP contribution is 2.07. The average molecular weight is 272 g/mol. The number of rotatable bonds is 5. The van der Waals surface area contributed by atoms with Gasteiger partial charge in [0.05, 0.1) is 5.56 Å². The SMILES string of the molecule is CCN(CCc1ccccc1)C(=O)c1ccc(F)nc1. The van der Waals surface area contributed by atoms with E-state index in [1.54, 1.807) is 4.90 Å². The van der Waals surface area contributed by atoms with Crippen LogP contribution in [0.4, 0.5) is 4.39 Å². The molecule has 0 unspecified atom stereocenters. The summed E-state index contributed by atoms with van der Waals surface area (Å²) in [7, 11) is 0. The van der Waals surface area contributed by atoms with Gasteiger partial charge in [0.15, 0.2) is 0 Å². The maximum atomic E-state index is 12.8. The summed E-state index contributed by atoms with van der Waals surface area (Å²) < 4.78 is 12.8. The third-order valence-corrected chi connectivity index (χ3v) is 3.16. The Kier molecular flexibility index (Phi) is 4.82. The van der Waals surface area contributed by atoms with Gasteiger partial charge in [-0.2, -0.15) is 4.39 Å². The Morgan fingerprint density at radius 3 is 2.55 bits per heavy atom. The summed E-state index contributed by atoms with van der Waals surface area (Å²) in [5.41, 5.74) is 1.61. The van der Waals surface area contributed by atoms with Crippen LogP contribution in [0.5, 0.6) is 0 Å². The number of hydrogen-bond donors (Lipinski definition) is 0. The highest BCUT2D eigenvalue weighted by molar-refractivity contribution is 5.93. The molecule has 3 nitrogen and oxygen atoms in total. The lowest BCUT2D eigenvalue weighted by Gasteiger charge is -2.20. The highest BCUT2D eigenvalue weighted by Gasteiger charge is 2.14. The van der Waals surface area contributed by atoms with E-state index in [2.05, 4.69) is 4.98 Å². The Labute approximate surface area is 118 Å². The molecule has 20 heavy (non-hydrogen) atoms. The molecular weight excluding hydrogens is 255 g/mol. The summed E-state index contributed by atoms with van der Waals surface area (Å²) in [5.74, 6) is -0.690. The van der Waals surface area contributed by atoms with Crippen molar-refractivity contribution in [3.63, 3.8) is 0 Å². The maximum absolute atomic E-state index is 12.8. The van der Waals surface area contributed by atoms with Crippen molar-refractivity contribution in [2.75, 3.05) is 13.1 Å². The van der Waals surface area contributed by atoms with E-state index < -0.39 is 5.95 Å². The maximum Gasteiger partial charge on any atom is 0.255 e. The number of nitrogens with zero attached hydrogens (tertiary/aromatic N) is 2. The molecule has 0 saturated carbocycles. The molecule has 0 bridgehead atoms. The predicted molar refractivity (Wildman–Crippen MR) is 75.9 cm³/mol. The van der Waals surface area contributed by atoms with Gasteiger partial charge in [0.2, 0.25) is 5.95 Å². The van der Waals surface area contributed by atoms with Crippen molar-refractivity contribution in [3.05, 3.63) is 65.7 Å². The molecule has 1 heterocycles. The lowest BCUT2D eigenvalue weighted by Crippen LogP contribution is -2.32. The number of halogens is 1. The summed E-state index contributed by atoms with van der Waals surface area (Å²) in [6.07, 6.45) is 2.08. The third-order valence-electron chi connectivity index (χ3n) is 3.16. The number of carbonyl (C=O) groups is 1. The lowest BCUT2D eigenvalue weighted by atomic mass is 10.1. The molecule has 104 valence electrons. The second kappa shape index (κ2) is 6.80. The summed E-state index contributed by atoms with van der Waals surface area (Å²) >= 11 is 0. The molecule has 4 heteroatoms. The van der Waals surface area contributed by atoms with E-state index in [0.717, 1.165) is 6.42 Å². The molecule has 0 saturated heterocycles. The number of aromatic nitrogens is 1. The first-order valence-electron chi connectivity index (χ1n) is 6.65. The molecule has 1 amide bonds. The van der Waals surface area contributed by atoms with Gasteiger partial charge in [-0.1, -0.05) is 30.3 Å². The number of likely N-dealkylation sites (N-methyl/N-ethyl adjacent to an activating group) is 1. The molecule has 0 atom stereocenters. The summed E-state index contributed by atoms with van der Waals surface area (Å²) in [6.45, 7) is 3.18. The summed E-state index contributed by atoms with van der Waals surface area (Å²) in [6, 6.07) is 12.7. The fourth-order valence-corrected chi connectivity index (χ4v) is 2.00. The molecule has 0 aliphatic rings. The topological polar surface area (TPSA) is 33.2 Å². The minimum absolute atomic E-state index is 0.115. The van der Waals surface area contributed by atoms with Gasteiger partial charge in [0.1, 0.15) is 0 Å². The zero-order valence-corrected chi connectivity index (χ0v) is 11.4. The average Bonchev–Trinajstić information content (AvgIpc) is 2.49. The van der Waals surface area contributed by atoms with Crippen LogP contribution in [-0.2, 0) is 6.42 Å². The molecule has 1 aromatic heterocycles. The van der Waals surface area contributed by atoms with Crippen LogP contribution in [0, 0.1) is 5.95 Å². The van der Waals surface area contributed by atoms with Crippen LogP contribution in [0.3, 0.4) is 0 Å². The molecular formula is C16H17FN2O. The van der Waals surface area contributed by atoms with Crippen LogP contribution in [0.15, 0.2) is 48.7 Å². The van der Waals surface area contributed by atoms with Crippen molar-refractivity contribution in [2.45, 2.75) is 13.3 Å². The molecule has 0 aliphatic heterocycles. The van der Waals surface area contributed by atoms with Crippen LogP contribution in [0.2, 0.25) is 0 Å². The monoisotopic (exact) mass is 272 g/mol. The van der Waals surface area contributed by atoms with Gasteiger partial charge in [-0.15, -0.1) is 0 Å². The van der Waals surface area contributed by atoms with E-state index in [1.165, 1.54) is 23.9 Å². The van der Waals surface area contributed by atoms with Crippen LogP contribution in [0.1, 0.15) is 22.8 Å². The molecule has 0 aliphatic carbocycles. The zero-order valence-electron chi connectivity index (χ0n) is 11.4. The number of carbonyl (C=O) groups excluding carboxylic acids is 1. The minimum Gasteiger partial charge on any atom is -0.339 e. The smallest absolute Gasteiger partial charge is 0.255 e. The number of benzene rings is 1. The van der Waals surface area contributed by atoms with E-state index in [9.17, 15) is 9.18 Å². The second-order valence-corrected chi connectivity index (χ2v) is 4.49. The summed E-state index contributed by atoms with van der Waals surface area (Å²) in [4.78, 5) is 17.5. The van der Waals surface area contributed by atoms with Gasteiger partial charge in [-0.3, -0.25) is 4.79 Å². The van der Waals surface area contributed by atoms with Gasteiger partial charge in [-0.25, -0.2) is 4.98 Å². The molecule has 2 rings (SSSR count). The van der Waals surface area contributed by atoms with E-state index in [-0.39, 0.29) is 5.91 Å². The largest absolute Gasteiger partial charge is 0.339 e. The normalized spacial score (nSPS) is 10.3. The van der Waals surface area contributed by atoms with Crippen molar-refractivity contribution in [2.24, 2.45) is 0 Å². The van der Waals surface area contributed by atoms with Gasteiger partial charge in [-0.05, 0) is 31.0 Å². The summed E-state index contributed by atoms with van der Waals surface area (Å²) in [5, 5.41) is 0. The van der Waals surface area contributed by atoms with Gasteiger partial charge in [0.25, 0.3) is 5.91 Å². The Morgan fingerprint density at radius 1 is 1.20 bits per heavy atom. The van der Waals surface area contributed by atoms with Crippen LogP contribution >= 0.6 is 0 Å². The quantitative estimate of drug-likeness (QED) is 0.784. The van der Waals surface area contributed by atoms with Crippen LogP contribution in [0.25, 0.3) is 0 Å². The minimum atomic E-state index is -0.575.